The summed E-state index contributed by atoms with van der Waals surface area (Å²) in [4.78, 5) is 38.6. The van der Waals surface area contributed by atoms with Crippen molar-refractivity contribution in [2.75, 3.05) is 7.11 Å². The van der Waals surface area contributed by atoms with Gasteiger partial charge in [0, 0.05) is 16.5 Å². The van der Waals surface area contributed by atoms with Crippen LogP contribution >= 0.6 is 0 Å². The summed E-state index contributed by atoms with van der Waals surface area (Å²) in [6, 6.07) is 8.10. The molecule has 0 heterocycles. The first-order chi connectivity index (χ1) is 18.8. The van der Waals surface area contributed by atoms with E-state index in [0.29, 0.717) is 33.9 Å². The van der Waals surface area contributed by atoms with Crippen molar-refractivity contribution in [2.24, 2.45) is 10.8 Å². The maximum atomic E-state index is 13.2. The van der Waals surface area contributed by atoms with Crippen LogP contribution in [0.5, 0.6) is 23.0 Å². The van der Waals surface area contributed by atoms with E-state index in [1.807, 2.05) is 27.7 Å². The molecular formula is C34H44O7. The predicted molar refractivity (Wildman–Crippen MR) is 162 cm³/mol. The van der Waals surface area contributed by atoms with Gasteiger partial charge in [0.1, 0.15) is 11.5 Å². The van der Waals surface area contributed by atoms with Gasteiger partial charge in [0.2, 0.25) is 0 Å². The Hall–Kier alpha value is -3.87. The normalized spacial score (nSPS) is 12.3. The number of rotatable bonds is 10. The van der Waals surface area contributed by atoms with Gasteiger partial charge in [0.25, 0.3) is 0 Å². The second-order valence-electron chi connectivity index (χ2n) is 12.8. The number of hydrogen-bond acceptors (Lipinski definition) is 7. The number of ether oxygens (including phenoxy) is 4. The number of allylic oxidation sites excluding steroid dienone is 2. The molecule has 2 aromatic rings. The molecule has 2 aromatic carbocycles. The quantitative estimate of drug-likeness (QED) is 0.0958. The van der Waals surface area contributed by atoms with Crippen LogP contribution < -0.4 is 18.9 Å². The van der Waals surface area contributed by atoms with E-state index in [2.05, 4.69) is 6.58 Å². The Labute approximate surface area is 244 Å². The molecule has 0 spiro atoms. The van der Waals surface area contributed by atoms with Gasteiger partial charge in [-0.1, -0.05) is 19.9 Å². The van der Waals surface area contributed by atoms with E-state index in [1.54, 1.807) is 84.0 Å². The molecule has 41 heavy (non-hydrogen) atoms. The lowest BCUT2D eigenvalue weighted by molar-refractivity contribution is -0.143. The molecule has 0 fully saturated rings. The van der Waals surface area contributed by atoms with Crippen LogP contribution in [0.4, 0.5) is 0 Å². The van der Waals surface area contributed by atoms with Gasteiger partial charge in [0.15, 0.2) is 17.3 Å². The summed E-state index contributed by atoms with van der Waals surface area (Å²) in [5, 5.41) is 0. The SMILES string of the molecule is C=CC(C)(C)c1cc(OC)c(OC(C)C)c(C=CC(=O)c2ccc(OC(=O)C(C)(C)C)cc2)c1OC(=O)C(C)(C)C. The van der Waals surface area contributed by atoms with Gasteiger partial charge < -0.3 is 18.9 Å². The van der Waals surface area contributed by atoms with Gasteiger partial charge in [-0.25, -0.2) is 0 Å². The summed E-state index contributed by atoms with van der Waals surface area (Å²) in [7, 11) is 1.53. The fraction of sp³-hybridized carbons (Fsp3) is 0.441. The lowest BCUT2D eigenvalue weighted by atomic mass is 9.82. The highest BCUT2D eigenvalue weighted by molar-refractivity contribution is 6.07. The topological polar surface area (TPSA) is 88.1 Å². The molecule has 0 radical (unpaired) electrons. The zero-order valence-corrected chi connectivity index (χ0v) is 26.3. The highest BCUT2D eigenvalue weighted by Crippen LogP contribution is 2.47. The van der Waals surface area contributed by atoms with Crippen LogP contribution in [-0.2, 0) is 15.0 Å². The van der Waals surface area contributed by atoms with E-state index in [9.17, 15) is 14.4 Å². The van der Waals surface area contributed by atoms with Crippen LogP contribution in [0, 0.1) is 10.8 Å². The minimum atomic E-state index is -0.788. The number of methoxy groups -OCH3 is 1. The van der Waals surface area contributed by atoms with Crippen LogP contribution in [0.3, 0.4) is 0 Å². The maximum absolute atomic E-state index is 13.2. The number of esters is 2. The van der Waals surface area contributed by atoms with Gasteiger partial charge in [-0.15, -0.1) is 6.58 Å². The zero-order valence-electron chi connectivity index (χ0n) is 26.3. The number of benzene rings is 2. The molecule has 0 atom stereocenters. The summed E-state index contributed by atoms with van der Waals surface area (Å²) >= 11 is 0. The number of carbonyl (C=O) groups excluding carboxylic acids is 3. The Balaban J connectivity index is 2.68. The molecule has 0 unspecified atom stereocenters. The van der Waals surface area contributed by atoms with Gasteiger partial charge in [-0.05, 0) is 97.9 Å². The van der Waals surface area contributed by atoms with E-state index < -0.39 is 22.2 Å². The molecule has 2 rings (SSSR count). The van der Waals surface area contributed by atoms with Gasteiger partial charge >= 0.3 is 11.9 Å². The molecule has 7 nitrogen and oxygen atoms in total. The second-order valence-corrected chi connectivity index (χ2v) is 12.8. The molecule has 222 valence electrons. The zero-order chi connectivity index (χ0) is 31.3. The fourth-order valence-electron chi connectivity index (χ4n) is 3.45. The smallest absolute Gasteiger partial charge is 0.316 e. The van der Waals surface area contributed by atoms with Crippen LogP contribution in [-0.4, -0.2) is 30.9 Å². The monoisotopic (exact) mass is 564 g/mol. The molecule has 0 saturated carbocycles. The standard InChI is InChI=1S/C34H44O7/c1-13-34(10,11)25-20-27(38-12)29(39-21(2)3)24(28(25)41-31(37)33(7,8)9)18-19-26(35)22-14-16-23(17-15-22)40-30(36)32(4,5)6/h13-21H,1H2,2-12H3. The maximum Gasteiger partial charge on any atom is 0.316 e. The molecular weight excluding hydrogens is 520 g/mol. The first-order valence-corrected chi connectivity index (χ1v) is 13.6. The van der Waals surface area contributed by atoms with E-state index >= 15 is 0 Å². The van der Waals surface area contributed by atoms with Crippen LogP contribution in [0.1, 0.15) is 90.7 Å². The molecule has 0 amide bonds. The number of carbonyl (C=O) groups is 3. The van der Waals surface area contributed by atoms with Crippen LogP contribution in [0.2, 0.25) is 0 Å². The molecule has 7 heteroatoms. The van der Waals surface area contributed by atoms with Gasteiger partial charge in [-0.3, -0.25) is 14.4 Å². The Bertz CT molecular complexity index is 1310. The minimum absolute atomic E-state index is 0.237. The number of ketones is 1. The second kappa shape index (κ2) is 12.8. The molecule has 0 aliphatic rings. The molecule has 0 aliphatic carbocycles. The van der Waals surface area contributed by atoms with Gasteiger partial charge in [-0.2, -0.15) is 0 Å². The van der Waals surface area contributed by atoms with Crippen LogP contribution in [0.15, 0.2) is 49.1 Å². The van der Waals surface area contributed by atoms with E-state index in [4.69, 9.17) is 18.9 Å². The van der Waals surface area contributed by atoms with Crippen molar-refractivity contribution < 1.29 is 33.3 Å². The third kappa shape index (κ3) is 8.56. The van der Waals surface area contributed by atoms with Crippen molar-refractivity contribution in [1.82, 2.24) is 0 Å². The number of hydrogen-bond donors (Lipinski definition) is 0. The first-order valence-electron chi connectivity index (χ1n) is 13.6. The average molecular weight is 565 g/mol. The third-order valence-electron chi connectivity index (χ3n) is 6.18. The first kappa shape index (κ1) is 33.3. The van der Waals surface area contributed by atoms with E-state index in [-0.39, 0.29) is 23.6 Å². The van der Waals surface area contributed by atoms with E-state index in [1.165, 1.54) is 13.2 Å². The molecule has 0 saturated heterocycles. The Morgan fingerprint density at radius 2 is 1.37 bits per heavy atom. The van der Waals surface area contributed by atoms with Crippen LogP contribution in [0.25, 0.3) is 6.08 Å². The summed E-state index contributed by atoms with van der Waals surface area (Å²) in [5.41, 5.74) is -0.643. The molecule has 0 N–H and O–H groups in total. The van der Waals surface area contributed by atoms with Crippen molar-refractivity contribution in [1.29, 1.82) is 0 Å². The van der Waals surface area contributed by atoms with Gasteiger partial charge in [0.05, 0.1) is 29.6 Å². The van der Waals surface area contributed by atoms with Crippen molar-refractivity contribution >= 4 is 23.8 Å². The summed E-state index contributed by atoms with van der Waals surface area (Å²) in [6.07, 6.45) is 4.48. The minimum Gasteiger partial charge on any atom is -0.493 e. The molecule has 0 bridgehead atoms. The lowest BCUT2D eigenvalue weighted by Crippen LogP contribution is -2.28. The summed E-state index contributed by atoms with van der Waals surface area (Å²) in [6.45, 7) is 22.2. The highest BCUT2D eigenvalue weighted by Gasteiger charge is 2.32. The molecule has 0 aliphatic heterocycles. The highest BCUT2D eigenvalue weighted by atomic mass is 16.5. The van der Waals surface area contributed by atoms with Crippen molar-refractivity contribution in [3.8, 4) is 23.0 Å². The van der Waals surface area contributed by atoms with Crippen molar-refractivity contribution in [3.63, 3.8) is 0 Å². The van der Waals surface area contributed by atoms with Crippen molar-refractivity contribution in [3.05, 3.63) is 65.8 Å². The largest absolute Gasteiger partial charge is 0.493 e. The third-order valence-corrected chi connectivity index (χ3v) is 6.18. The average Bonchev–Trinajstić information content (AvgIpc) is 2.87. The van der Waals surface area contributed by atoms with E-state index in [0.717, 1.165) is 0 Å². The summed E-state index contributed by atoms with van der Waals surface area (Å²) < 4.78 is 23.3. The lowest BCUT2D eigenvalue weighted by Gasteiger charge is -2.29. The van der Waals surface area contributed by atoms with Crippen molar-refractivity contribution in [2.45, 2.75) is 80.8 Å². The predicted octanol–water partition coefficient (Wildman–Crippen LogP) is 7.75. The summed E-state index contributed by atoms with van der Waals surface area (Å²) in [5.74, 6) is 0.254. The Morgan fingerprint density at radius 3 is 1.83 bits per heavy atom. The Morgan fingerprint density at radius 1 is 0.829 bits per heavy atom. The Kier molecular flexibility index (Phi) is 10.4. The fourth-order valence-corrected chi connectivity index (χ4v) is 3.45. The molecule has 0 aromatic heterocycles.